The fourth-order valence-electron chi connectivity index (χ4n) is 2.83. The molecular formula is C23H18O5S. The third-order valence-corrected chi connectivity index (χ3v) is 5.37. The van der Waals surface area contributed by atoms with Crippen LogP contribution in [0.25, 0.3) is 6.08 Å². The van der Waals surface area contributed by atoms with E-state index in [1.165, 1.54) is 0 Å². The SMILES string of the molecule is Cc1ccsc1/C=C1/Oc2cc(OCC(=O)OCc3ccccc3)ccc2C1=O. The second kappa shape index (κ2) is 8.32. The van der Waals surface area contributed by atoms with Crippen molar-refractivity contribution in [2.75, 3.05) is 6.61 Å². The Bertz CT molecular complexity index is 1080. The molecule has 5 nitrogen and oxygen atoms in total. The van der Waals surface area contributed by atoms with Crippen LogP contribution >= 0.6 is 11.3 Å². The summed E-state index contributed by atoms with van der Waals surface area (Å²) >= 11 is 1.55. The van der Waals surface area contributed by atoms with Gasteiger partial charge >= 0.3 is 5.97 Å². The van der Waals surface area contributed by atoms with Gasteiger partial charge in [0.15, 0.2) is 12.4 Å². The van der Waals surface area contributed by atoms with E-state index in [4.69, 9.17) is 14.2 Å². The number of benzene rings is 2. The van der Waals surface area contributed by atoms with Gasteiger partial charge in [0.25, 0.3) is 0 Å². The normalized spacial score (nSPS) is 13.8. The molecule has 0 spiro atoms. The zero-order valence-electron chi connectivity index (χ0n) is 15.7. The Morgan fingerprint density at radius 1 is 1.14 bits per heavy atom. The summed E-state index contributed by atoms with van der Waals surface area (Å²) in [6.45, 7) is 1.95. The highest BCUT2D eigenvalue weighted by atomic mass is 32.1. The van der Waals surface area contributed by atoms with E-state index in [-0.39, 0.29) is 24.8 Å². The molecule has 6 heteroatoms. The first-order chi connectivity index (χ1) is 14.1. The van der Waals surface area contributed by atoms with Crippen molar-refractivity contribution in [2.45, 2.75) is 13.5 Å². The van der Waals surface area contributed by atoms with E-state index in [1.54, 1.807) is 35.6 Å². The smallest absolute Gasteiger partial charge is 0.344 e. The molecule has 29 heavy (non-hydrogen) atoms. The Labute approximate surface area is 172 Å². The number of rotatable bonds is 6. The van der Waals surface area contributed by atoms with Crippen molar-refractivity contribution in [2.24, 2.45) is 0 Å². The minimum absolute atomic E-state index is 0.165. The van der Waals surface area contributed by atoms with Crippen molar-refractivity contribution >= 4 is 29.2 Å². The Morgan fingerprint density at radius 2 is 1.97 bits per heavy atom. The largest absolute Gasteiger partial charge is 0.482 e. The fourth-order valence-corrected chi connectivity index (χ4v) is 3.68. The van der Waals surface area contributed by atoms with Crippen LogP contribution in [0.15, 0.2) is 65.7 Å². The number of esters is 1. The summed E-state index contributed by atoms with van der Waals surface area (Å²) < 4.78 is 16.4. The first kappa shape index (κ1) is 19.0. The second-order valence-corrected chi connectivity index (χ2v) is 7.45. The van der Waals surface area contributed by atoms with E-state index < -0.39 is 5.97 Å². The van der Waals surface area contributed by atoms with Crippen LogP contribution in [0.5, 0.6) is 11.5 Å². The number of thiophene rings is 1. The monoisotopic (exact) mass is 406 g/mol. The molecule has 146 valence electrons. The molecule has 3 aromatic rings. The Morgan fingerprint density at radius 3 is 2.72 bits per heavy atom. The third-order valence-electron chi connectivity index (χ3n) is 4.40. The van der Waals surface area contributed by atoms with Gasteiger partial charge in [-0.15, -0.1) is 11.3 Å². The summed E-state index contributed by atoms with van der Waals surface area (Å²) in [7, 11) is 0. The molecule has 1 aliphatic heterocycles. The first-order valence-corrected chi connectivity index (χ1v) is 9.93. The van der Waals surface area contributed by atoms with Gasteiger partial charge in [0.1, 0.15) is 18.1 Å². The molecule has 0 saturated heterocycles. The molecule has 2 aromatic carbocycles. The van der Waals surface area contributed by atoms with Gasteiger partial charge in [0, 0.05) is 17.0 Å². The summed E-state index contributed by atoms with van der Waals surface area (Å²) in [4.78, 5) is 25.4. The molecule has 0 amide bonds. The molecular weight excluding hydrogens is 388 g/mol. The average Bonchev–Trinajstić information content (AvgIpc) is 3.28. The lowest BCUT2D eigenvalue weighted by molar-refractivity contribution is -0.147. The van der Waals surface area contributed by atoms with Gasteiger partial charge in [-0.3, -0.25) is 4.79 Å². The molecule has 2 heterocycles. The van der Waals surface area contributed by atoms with Gasteiger partial charge in [0.2, 0.25) is 5.78 Å². The topological polar surface area (TPSA) is 61.8 Å². The standard InChI is InChI=1S/C23H18O5S/c1-15-9-10-29-21(15)12-20-23(25)18-8-7-17(11-19(18)28-20)26-14-22(24)27-13-16-5-3-2-4-6-16/h2-12H,13-14H2,1H3/b20-12+. The number of ketones is 1. The van der Waals surface area contributed by atoms with Crippen molar-refractivity contribution < 1.29 is 23.8 Å². The minimum Gasteiger partial charge on any atom is -0.482 e. The molecule has 0 aliphatic carbocycles. The number of hydrogen-bond donors (Lipinski definition) is 0. The maximum absolute atomic E-state index is 12.5. The molecule has 0 N–H and O–H groups in total. The highest BCUT2D eigenvalue weighted by Gasteiger charge is 2.28. The number of carbonyl (C=O) groups is 2. The number of allylic oxidation sites excluding steroid dienone is 1. The van der Waals surface area contributed by atoms with Crippen molar-refractivity contribution in [1.82, 2.24) is 0 Å². The molecule has 1 aromatic heterocycles. The lowest BCUT2D eigenvalue weighted by Crippen LogP contribution is -2.14. The molecule has 1 aliphatic rings. The molecule has 0 saturated carbocycles. The molecule has 0 atom stereocenters. The molecule has 0 unspecified atom stereocenters. The summed E-state index contributed by atoms with van der Waals surface area (Å²) in [6.07, 6.45) is 1.75. The highest BCUT2D eigenvalue weighted by molar-refractivity contribution is 7.11. The summed E-state index contributed by atoms with van der Waals surface area (Å²) in [5, 5.41) is 1.97. The van der Waals surface area contributed by atoms with Crippen molar-refractivity contribution in [3.05, 3.63) is 87.3 Å². The van der Waals surface area contributed by atoms with Crippen molar-refractivity contribution in [3.63, 3.8) is 0 Å². The number of ether oxygens (including phenoxy) is 3. The van der Waals surface area contributed by atoms with Crippen LogP contribution in [0.1, 0.15) is 26.4 Å². The van der Waals surface area contributed by atoms with Gasteiger partial charge in [-0.25, -0.2) is 4.79 Å². The molecule has 0 bridgehead atoms. The van der Waals surface area contributed by atoms with Crippen LogP contribution < -0.4 is 9.47 Å². The first-order valence-electron chi connectivity index (χ1n) is 9.05. The summed E-state index contributed by atoms with van der Waals surface area (Å²) in [5.74, 6) is 0.499. The predicted octanol–water partition coefficient (Wildman–Crippen LogP) is 4.79. The van der Waals surface area contributed by atoms with E-state index in [1.807, 2.05) is 48.7 Å². The lowest BCUT2D eigenvalue weighted by Gasteiger charge is -2.08. The van der Waals surface area contributed by atoms with Crippen LogP contribution in [0.4, 0.5) is 0 Å². The minimum atomic E-state index is -0.472. The Hall–Kier alpha value is -3.38. The number of aryl methyl sites for hydroxylation is 1. The Balaban J connectivity index is 1.37. The second-order valence-electron chi connectivity index (χ2n) is 6.50. The van der Waals surface area contributed by atoms with E-state index in [2.05, 4.69) is 0 Å². The van der Waals surface area contributed by atoms with Crippen molar-refractivity contribution in [3.8, 4) is 11.5 Å². The van der Waals surface area contributed by atoms with Crippen molar-refractivity contribution in [1.29, 1.82) is 0 Å². The van der Waals surface area contributed by atoms with Crippen LogP contribution in [0, 0.1) is 6.92 Å². The average molecular weight is 406 g/mol. The maximum atomic E-state index is 12.5. The molecule has 4 rings (SSSR count). The van der Waals surface area contributed by atoms with E-state index in [9.17, 15) is 9.59 Å². The number of fused-ring (bicyclic) bond motifs is 1. The van der Waals surface area contributed by atoms with E-state index >= 15 is 0 Å². The van der Waals surface area contributed by atoms with Gasteiger partial charge in [-0.2, -0.15) is 0 Å². The van der Waals surface area contributed by atoms with Gasteiger partial charge in [0.05, 0.1) is 5.56 Å². The van der Waals surface area contributed by atoms with E-state index in [0.29, 0.717) is 17.1 Å². The number of carbonyl (C=O) groups excluding carboxylic acids is 2. The zero-order chi connectivity index (χ0) is 20.2. The number of Topliss-reactive ketones (excluding diaryl/α,β-unsaturated/α-hetero) is 1. The van der Waals surface area contributed by atoms with Crippen LogP contribution in [0.3, 0.4) is 0 Å². The van der Waals surface area contributed by atoms with Crippen LogP contribution in [-0.2, 0) is 16.1 Å². The maximum Gasteiger partial charge on any atom is 0.344 e. The van der Waals surface area contributed by atoms with Gasteiger partial charge in [-0.1, -0.05) is 30.3 Å². The van der Waals surface area contributed by atoms with Gasteiger partial charge < -0.3 is 14.2 Å². The third kappa shape index (κ3) is 4.38. The quantitative estimate of drug-likeness (QED) is 0.435. The van der Waals surface area contributed by atoms with E-state index in [0.717, 1.165) is 16.0 Å². The molecule has 0 fully saturated rings. The number of hydrogen-bond acceptors (Lipinski definition) is 6. The highest BCUT2D eigenvalue weighted by Crippen LogP contribution is 2.35. The lowest BCUT2D eigenvalue weighted by atomic mass is 10.1. The Kier molecular flexibility index (Phi) is 5.44. The van der Waals surface area contributed by atoms with Crippen LogP contribution in [-0.4, -0.2) is 18.4 Å². The van der Waals surface area contributed by atoms with Gasteiger partial charge in [-0.05, 0) is 41.6 Å². The molecule has 0 radical (unpaired) electrons. The van der Waals surface area contributed by atoms with Crippen LogP contribution in [0.2, 0.25) is 0 Å². The zero-order valence-corrected chi connectivity index (χ0v) is 16.5. The fraction of sp³-hybridized carbons (Fsp3) is 0.130. The summed E-state index contributed by atoms with van der Waals surface area (Å²) in [6, 6.07) is 16.3. The summed E-state index contributed by atoms with van der Waals surface area (Å²) in [5.41, 5.74) is 2.47. The predicted molar refractivity (Wildman–Crippen MR) is 110 cm³/mol.